The van der Waals surface area contributed by atoms with E-state index in [9.17, 15) is 4.79 Å². The molecular weight excluding hydrogens is 360 g/mol. The predicted molar refractivity (Wildman–Crippen MR) is 109 cm³/mol. The average Bonchev–Trinajstić information content (AvgIpc) is 3.08. The Hall–Kier alpha value is -2.86. The molecule has 0 unspecified atom stereocenters. The van der Waals surface area contributed by atoms with E-state index in [2.05, 4.69) is 10.3 Å². The Kier molecular flexibility index (Phi) is 6.08. The molecule has 0 bridgehead atoms. The van der Waals surface area contributed by atoms with Crippen LogP contribution in [-0.4, -0.2) is 23.6 Å². The van der Waals surface area contributed by atoms with E-state index >= 15 is 0 Å². The number of amides is 1. The smallest absolute Gasteiger partial charge is 0.264 e. The van der Waals surface area contributed by atoms with Gasteiger partial charge in [0.15, 0.2) is 11.7 Å². The molecule has 1 amide bonds. The summed E-state index contributed by atoms with van der Waals surface area (Å²) in [6.07, 6.45) is 0.138. The molecule has 1 aromatic heterocycles. The molecule has 0 radical (unpaired) electrons. The first-order valence-electron chi connectivity index (χ1n) is 8.71. The summed E-state index contributed by atoms with van der Waals surface area (Å²) in [7, 11) is 0. The number of aromatic nitrogens is 1. The lowest BCUT2D eigenvalue weighted by Crippen LogP contribution is -2.20. The van der Waals surface area contributed by atoms with Crippen LogP contribution in [0.4, 0.5) is 5.13 Å². The van der Waals surface area contributed by atoms with Gasteiger partial charge in [-0.15, -0.1) is 11.3 Å². The third-order valence-corrected chi connectivity index (χ3v) is 4.39. The molecule has 3 rings (SSSR count). The fraction of sp³-hybridized carbons (Fsp3) is 0.238. The number of nitrogens with one attached hydrogen (secondary N) is 1. The van der Waals surface area contributed by atoms with Crippen molar-refractivity contribution in [3.8, 4) is 22.8 Å². The Morgan fingerprint density at radius 1 is 1.15 bits per heavy atom. The third kappa shape index (κ3) is 5.56. The maximum atomic E-state index is 12.1. The van der Waals surface area contributed by atoms with Crippen LogP contribution in [0.25, 0.3) is 11.3 Å². The van der Waals surface area contributed by atoms with Crippen LogP contribution < -0.4 is 14.8 Å². The van der Waals surface area contributed by atoms with Crippen molar-refractivity contribution < 1.29 is 14.3 Å². The second kappa shape index (κ2) is 8.68. The quantitative estimate of drug-likeness (QED) is 0.630. The van der Waals surface area contributed by atoms with E-state index < -0.39 is 0 Å². The molecule has 6 heteroatoms. The Morgan fingerprint density at radius 3 is 2.63 bits per heavy atom. The van der Waals surface area contributed by atoms with Gasteiger partial charge >= 0.3 is 0 Å². The second-order valence-corrected chi connectivity index (χ2v) is 7.24. The molecule has 0 aliphatic rings. The number of hydrogen-bond acceptors (Lipinski definition) is 5. The van der Waals surface area contributed by atoms with Crippen molar-refractivity contribution in [3.63, 3.8) is 0 Å². The number of carbonyl (C=O) groups is 1. The summed E-state index contributed by atoms with van der Waals surface area (Å²) in [6.45, 7) is 5.91. The minimum Gasteiger partial charge on any atom is -0.491 e. The first-order valence-corrected chi connectivity index (χ1v) is 9.59. The predicted octanol–water partition coefficient (Wildman–Crippen LogP) is 4.92. The maximum Gasteiger partial charge on any atom is 0.264 e. The first-order chi connectivity index (χ1) is 13.0. The van der Waals surface area contributed by atoms with Gasteiger partial charge in [-0.05, 0) is 62.7 Å². The van der Waals surface area contributed by atoms with Crippen LogP contribution in [0.1, 0.15) is 19.4 Å². The number of anilines is 1. The fourth-order valence-electron chi connectivity index (χ4n) is 2.45. The molecule has 0 saturated carbocycles. The van der Waals surface area contributed by atoms with Gasteiger partial charge in [0.25, 0.3) is 5.91 Å². The summed E-state index contributed by atoms with van der Waals surface area (Å²) >= 11 is 1.38. The lowest BCUT2D eigenvalue weighted by Gasteiger charge is -2.09. The van der Waals surface area contributed by atoms with E-state index in [1.807, 2.05) is 74.7 Å². The van der Waals surface area contributed by atoms with Crippen molar-refractivity contribution in [3.05, 3.63) is 59.5 Å². The van der Waals surface area contributed by atoms with E-state index in [0.717, 1.165) is 22.6 Å². The monoisotopic (exact) mass is 382 g/mol. The average molecular weight is 382 g/mol. The largest absolute Gasteiger partial charge is 0.491 e. The highest BCUT2D eigenvalue weighted by atomic mass is 32.1. The molecule has 3 aromatic rings. The number of nitrogens with zero attached hydrogens (tertiary/aromatic N) is 1. The second-order valence-electron chi connectivity index (χ2n) is 6.38. The summed E-state index contributed by atoms with van der Waals surface area (Å²) in [5.41, 5.74) is 2.87. The third-order valence-electron chi connectivity index (χ3n) is 3.63. The zero-order valence-corrected chi connectivity index (χ0v) is 16.4. The van der Waals surface area contributed by atoms with Gasteiger partial charge in [0.2, 0.25) is 0 Å². The van der Waals surface area contributed by atoms with Gasteiger partial charge in [-0.25, -0.2) is 4.98 Å². The van der Waals surface area contributed by atoms with Gasteiger partial charge in [-0.2, -0.15) is 0 Å². The van der Waals surface area contributed by atoms with Gasteiger partial charge in [0, 0.05) is 10.9 Å². The number of carbonyl (C=O) groups excluding carboxylic acids is 1. The number of hydrogen-bond donors (Lipinski definition) is 1. The Bertz CT molecular complexity index is 904. The van der Waals surface area contributed by atoms with Crippen molar-refractivity contribution in [2.24, 2.45) is 0 Å². The topological polar surface area (TPSA) is 60.5 Å². The zero-order valence-electron chi connectivity index (χ0n) is 15.6. The molecule has 0 aliphatic heterocycles. The summed E-state index contributed by atoms with van der Waals surface area (Å²) in [4.78, 5) is 16.5. The Labute approximate surface area is 163 Å². The van der Waals surface area contributed by atoms with Crippen molar-refractivity contribution in [1.29, 1.82) is 0 Å². The molecule has 0 fully saturated rings. The number of aryl methyl sites for hydroxylation is 1. The molecule has 5 nitrogen and oxygen atoms in total. The molecule has 0 aliphatic carbocycles. The molecular formula is C21H22N2O3S. The SMILES string of the molecule is Cc1cccc(OCC(=O)Nc2nc(-c3ccc(OC(C)C)cc3)cs2)c1. The molecule has 140 valence electrons. The molecule has 1 heterocycles. The molecule has 0 spiro atoms. The van der Waals surface area contributed by atoms with Crippen molar-refractivity contribution in [2.75, 3.05) is 11.9 Å². The highest BCUT2D eigenvalue weighted by molar-refractivity contribution is 7.14. The fourth-order valence-corrected chi connectivity index (χ4v) is 3.19. The van der Waals surface area contributed by atoms with Gasteiger partial charge < -0.3 is 9.47 Å². The molecule has 1 N–H and O–H groups in total. The van der Waals surface area contributed by atoms with Gasteiger partial charge in [0.1, 0.15) is 11.5 Å². The number of thiazole rings is 1. The number of benzene rings is 2. The van der Waals surface area contributed by atoms with E-state index in [-0.39, 0.29) is 18.6 Å². The van der Waals surface area contributed by atoms with Crippen LogP contribution in [0, 0.1) is 6.92 Å². The van der Waals surface area contributed by atoms with Gasteiger partial charge in [-0.3, -0.25) is 10.1 Å². The van der Waals surface area contributed by atoms with Crippen LogP contribution in [0.5, 0.6) is 11.5 Å². The van der Waals surface area contributed by atoms with Crippen molar-refractivity contribution in [2.45, 2.75) is 26.9 Å². The van der Waals surface area contributed by atoms with Crippen LogP contribution in [0.3, 0.4) is 0 Å². The highest BCUT2D eigenvalue weighted by Crippen LogP contribution is 2.26. The van der Waals surface area contributed by atoms with Crippen molar-refractivity contribution in [1.82, 2.24) is 4.98 Å². The van der Waals surface area contributed by atoms with Gasteiger partial charge in [0.05, 0.1) is 11.8 Å². The van der Waals surface area contributed by atoms with Gasteiger partial charge in [-0.1, -0.05) is 12.1 Å². The van der Waals surface area contributed by atoms with Crippen LogP contribution >= 0.6 is 11.3 Å². The van der Waals surface area contributed by atoms with E-state index in [1.54, 1.807) is 0 Å². The first kappa shape index (κ1) is 18.9. The van der Waals surface area contributed by atoms with E-state index in [4.69, 9.17) is 9.47 Å². The lowest BCUT2D eigenvalue weighted by molar-refractivity contribution is -0.118. The highest BCUT2D eigenvalue weighted by Gasteiger charge is 2.09. The molecule has 27 heavy (non-hydrogen) atoms. The minimum absolute atomic E-state index is 0.0559. The number of ether oxygens (including phenoxy) is 2. The standard InChI is InChI=1S/C21H22N2O3S/c1-14(2)26-17-9-7-16(8-10-17)19-13-27-21(22-19)23-20(24)12-25-18-6-4-5-15(3)11-18/h4-11,13-14H,12H2,1-3H3,(H,22,23,24). The Morgan fingerprint density at radius 2 is 1.93 bits per heavy atom. The summed E-state index contributed by atoms with van der Waals surface area (Å²) in [5.74, 6) is 1.26. The molecule has 2 aromatic carbocycles. The lowest BCUT2D eigenvalue weighted by atomic mass is 10.2. The number of rotatable bonds is 7. The zero-order chi connectivity index (χ0) is 19.2. The maximum absolute atomic E-state index is 12.1. The van der Waals surface area contributed by atoms with Crippen LogP contribution in [0.2, 0.25) is 0 Å². The van der Waals surface area contributed by atoms with Crippen LogP contribution in [-0.2, 0) is 4.79 Å². The van der Waals surface area contributed by atoms with E-state index in [0.29, 0.717) is 10.9 Å². The minimum atomic E-state index is -0.238. The van der Waals surface area contributed by atoms with E-state index in [1.165, 1.54) is 11.3 Å². The summed E-state index contributed by atoms with van der Waals surface area (Å²) < 4.78 is 11.2. The van der Waals surface area contributed by atoms with Crippen molar-refractivity contribution >= 4 is 22.4 Å². The molecule has 0 atom stereocenters. The normalized spacial score (nSPS) is 10.7. The van der Waals surface area contributed by atoms with Crippen LogP contribution in [0.15, 0.2) is 53.9 Å². The summed E-state index contributed by atoms with van der Waals surface area (Å²) in [5, 5.41) is 5.23. The summed E-state index contributed by atoms with van der Waals surface area (Å²) in [6, 6.07) is 15.3. The Balaban J connectivity index is 1.56. The molecule has 0 saturated heterocycles.